The number of rotatable bonds is 2. The van der Waals surface area contributed by atoms with Gasteiger partial charge in [0.1, 0.15) is 6.07 Å². The lowest BCUT2D eigenvalue weighted by Gasteiger charge is -2.02. The summed E-state index contributed by atoms with van der Waals surface area (Å²) < 4.78 is 1.45. The van der Waals surface area contributed by atoms with E-state index in [1.807, 2.05) is 36.4 Å². The first-order valence-corrected chi connectivity index (χ1v) is 5.03. The van der Waals surface area contributed by atoms with Crippen molar-refractivity contribution in [3.8, 4) is 11.8 Å². The summed E-state index contributed by atoms with van der Waals surface area (Å²) in [6.45, 7) is 0. The van der Waals surface area contributed by atoms with Crippen LogP contribution in [0.3, 0.4) is 0 Å². The van der Waals surface area contributed by atoms with Crippen molar-refractivity contribution in [1.29, 1.82) is 5.26 Å². The molecule has 0 aliphatic rings. The Kier molecular flexibility index (Phi) is 2.88. The molecule has 0 atom stereocenters. The summed E-state index contributed by atoms with van der Waals surface area (Å²) in [6.07, 6.45) is 1.39. The van der Waals surface area contributed by atoms with Crippen molar-refractivity contribution < 1.29 is 4.79 Å². The highest BCUT2D eigenvalue weighted by atomic mass is 16.1. The normalized spacial score (nSPS) is 9.65. The van der Waals surface area contributed by atoms with Crippen LogP contribution in [0.5, 0.6) is 0 Å². The maximum Gasteiger partial charge on any atom is 0.255 e. The Bertz CT molecular complexity index is 580. The van der Waals surface area contributed by atoms with Gasteiger partial charge in [0.05, 0.1) is 17.4 Å². The van der Waals surface area contributed by atoms with Crippen molar-refractivity contribution in [2.45, 2.75) is 0 Å². The summed E-state index contributed by atoms with van der Waals surface area (Å²) in [7, 11) is 1.52. The second-order valence-electron chi connectivity index (χ2n) is 3.35. The van der Waals surface area contributed by atoms with Crippen LogP contribution in [-0.4, -0.2) is 22.7 Å². The Morgan fingerprint density at radius 3 is 2.71 bits per heavy atom. The van der Waals surface area contributed by atoms with E-state index in [1.165, 1.54) is 17.9 Å². The van der Waals surface area contributed by atoms with Gasteiger partial charge in [-0.1, -0.05) is 18.2 Å². The quantitative estimate of drug-likeness (QED) is 0.833. The SMILES string of the molecule is CNC(=O)c1cnn(-c2ccccc2)c1C#N. The molecule has 1 aromatic heterocycles. The molecular formula is C12H10N4O. The Labute approximate surface area is 98.3 Å². The van der Waals surface area contributed by atoms with Gasteiger partial charge in [0.25, 0.3) is 5.91 Å². The molecule has 17 heavy (non-hydrogen) atoms. The van der Waals surface area contributed by atoms with E-state index < -0.39 is 0 Å². The molecule has 2 aromatic rings. The zero-order chi connectivity index (χ0) is 12.3. The van der Waals surface area contributed by atoms with Gasteiger partial charge in [0.2, 0.25) is 0 Å². The monoisotopic (exact) mass is 226 g/mol. The predicted molar refractivity (Wildman–Crippen MR) is 61.7 cm³/mol. The molecule has 1 aromatic carbocycles. The van der Waals surface area contributed by atoms with Crippen molar-refractivity contribution in [1.82, 2.24) is 15.1 Å². The molecule has 0 aliphatic carbocycles. The van der Waals surface area contributed by atoms with E-state index in [0.717, 1.165) is 5.69 Å². The van der Waals surface area contributed by atoms with Gasteiger partial charge in [0, 0.05) is 7.05 Å². The number of hydrogen-bond donors (Lipinski definition) is 1. The van der Waals surface area contributed by atoms with Gasteiger partial charge in [0.15, 0.2) is 5.69 Å². The van der Waals surface area contributed by atoms with Gasteiger partial charge < -0.3 is 5.32 Å². The van der Waals surface area contributed by atoms with Crippen LogP contribution in [0.4, 0.5) is 0 Å². The summed E-state index contributed by atoms with van der Waals surface area (Å²) in [5.41, 5.74) is 1.26. The Hall–Kier alpha value is -2.61. The van der Waals surface area contributed by atoms with E-state index in [1.54, 1.807) is 0 Å². The average Bonchev–Trinajstić information content (AvgIpc) is 2.82. The fraction of sp³-hybridized carbons (Fsp3) is 0.0833. The molecule has 0 unspecified atom stereocenters. The van der Waals surface area contributed by atoms with Crippen LogP contribution in [0.2, 0.25) is 0 Å². The van der Waals surface area contributed by atoms with E-state index >= 15 is 0 Å². The molecule has 84 valence electrons. The van der Waals surface area contributed by atoms with Crippen LogP contribution in [-0.2, 0) is 0 Å². The molecule has 0 spiro atoms. The lowest BCUT2D eigenvalue weighted by molar-refractivity contribution is 0.0963. The third-order valence-electron chi connectivity index (χ3n) is 2.35. The molecule has 0 fully saturated rings. The first kappa shape index (κ1) is 10.9. The van der Waals surface area contributed by atoms with Crippen LogP contribution in [0, 0.1) is 11.3 Å². The Morgan fingerprint density at radius 2 is 2.12 bits per heavy atom. The number of nitriles is 1. The maximum absolute atomic E-state index is 11.5. The number of nitrogens with zero attached hydrogens (tertiary/aromatic N) is 3. The van der Waals surface area contributed by atoms with Gasteiger partial charge >= 0.3 is 0 Å². The van der Waals surface area contributed by atoms with Crippen molar-refractivity contribution in [3.63, 3.8) is 0 Å². The van der Waals surface area contributed by atoms with Crippen LogP contribution >= 0.6 is 0 Å². The first-order valence-electron chi connectivity index (χ1n) is 5.03. The summed E-state index contributed by atoms with van der Waals surface area (Å²) >= 11 is 0. The summed E-state index contributed by atoms with van der Waals surface area (Å²) in [6, 6.07) is 11.2. The topological polar surface area (TPSA) is 70.7 Å². The third-order valence-corrected chi connectivity index (χ3v) is 2.35. The van der Waals surface area contributed by atoms with Crippen LogP contribution < -0.4 is 5.32 Å². The fourth-order valence-corrected chi connectivity index (χ4v) is 1.52. The van der Waals surface area contributed by atoms with Gasteiger partial charge in [-0.3, -0.25) is 4.79 Å². The minimum absolute atomic E-state index is 0.232. The number of hydrogen-bond acceptors (Lipinski definition) is 3. The van der Waals surface area contributed by atoms with Crippen molar-refractivity contribution in [2.75, 3.05) is 7.05 Å². The van der Waals surface area contributed by atoms with Crippen LogP contribution in [0.15, 0.2) is 36.5 Å². The second kappa shape index (κ2) is 4.49. The molecule has 2 rings (SSSR count). The van der Waals surface area contributed by atoms with Gasteiger partial charge in [-0.2, -0.15) is 10.4 Å². The lowest BCUT2D eigenvalue weighted by Crippen LogP contribution is -2.18. The number of para-hydroxylation sites is 1. The minimum Gasteiger partial charge on any atom is -0.355 e. The number of carbonyl (C=O) groups excluding carboxylic acids is 1. The molecular weight excluding hydrogens is 216 g/mol. The summed E-state index contributed by atoms with van der Waals surface area (Å²) in [4.78, 5) is 11.5. The fourth-order valence-electron chi connectivity index (χ4n) is 1.52. The molecule has 0 radical (unpaired) electrons. The van der Waals surface area contributed by atoms with Gasteiger partial charge in [-0.05, 0) is 12.1 Å². The highest BCUT2D eigenvalue weighted by Crippen LogP contribution is 2.13. The van der Waals surface area contributed by atoms with Gasteiger partial charge in [-0.15, -0.1) is 0 Å². The second-order valence-corrected chi connectivity index (χ2v) is 3.35. The molecule has 5 heteroatoms. The molecule has 1 heterocycles. The highest BCUT2D eigenvalue weighted by molar-refractivity contribution is 5.95. The smallest absolute Gasteiger partial charge is 0.255 e. The molecule has 0 aliphatic heterocycles. The zero-order valence-electron chi connectivity index (χ0n) is 9.21. The average molecular weight is 226 g/mol. The molecule has 0 saturated carbocycles. The summed E-state index contributed by atoms with van der Waals surface area (Å²) in [5, 5.41) is 15.6. The van der Waals surface area contributed by atoms with E-state index in [0.29, 0.717) is 0 Å². The van der Waals surface area contributed by atoms with Crippen LogP contribution in [0.1, 0.15) is 16.1 Å². The molecule has 1 N–H and O–H groups in total. The van der Waals surface area contributed by atoms with Crippen molar-refractivity contribution >= 4 is 5.91 Å². The number of nitrogens with one attached hydrogen (secondary N) is 1. The third kappa shape index (κ3) is 1.88. The van der Waals surface area contributed by atoms with Gasteiger partial charge in [-0.25, -0.2) is 4.68 Å². The molecule has 1 amide bonds. The Balaban J connectivity index is 2.55. The van der Waals surface area contributed by atoms with E-state index in [4.69, 9.17) is 5.26 Å². The standard InChI is InChI=1S/C12H10N4O/c1-14-12(17)10-8-15-16(11(10)7-13)9-5-3-2-4-6-9/h2-6,8H,1H3,(H,14,17). The molecule has 0 saturated heterocycles. The largest absolute Gasteiger partial charge is 0.355 e. The zero-order valence-corrected chi connectivity index (χ0v) is 9.21. The van der Waals surface area contributed by atoms with E-state index in [-0.39, 0.29) is 17.2 Å². The van der Waals surface area contributed by atoms with Crippen molar-refractivity contribution in [2.24, 2.45) is 0 Å². The van der Waals surface area contributed by atoms with E-state index in [2.05, 4.69) is 10.4 Å². The predicted octanol–water partition coefficient (Wildman–Crippen LogP) is 1.10. The maximum atomic E-state index is 11.5. The summed E-state index contributed by atoms with van der Waals surface area (Å²) in [5.74, 6) is -0.316. The molecule has 0 bridgehead atoms. The van der Waals surface area contributed by atoms with Crippen LogP contribution in [0.25, 0.3) is 5.69 Å². The Morgan fingerprint density at radius 1 is 1.41 bits per heavy atom. The lowest BCUT2D eigenvalue weighted by atomic mass is 10.2. The highest BCUT2D eigenvalue weighted by Gasteiger charge is 2.16. The minimum atomic E-state index is -0.316. The number of amides is 1. The first-order chi connectivity index (χ1) is 8.27. The number of benzene rings is 1. The number of aromatic nitrogens is 2. The number of carbonyl (C=O) groups is 1. The van der Waals surface area contributed by atoms with E-state index in [9.17, 15) is 4.79 Å². The molecule has 5 nitrogen and oxygen atoms in total. The van der Waals surface area contributed by atoms with Crippen molar-refractivity contribution in [3.05, 3.63) is 47.8 Å².